The summed E-state index contributed by atoms with van der Waals surface area (Å²) in [6, 6.07) is 23.3. The maximum atomic E-state index is 12.3. The summed E-state index contributed by atoms with van der Waals surface area (Å²) < 4.78 is 51.5. The molecule has 0 aliphatic rings. The van der Waals surface area contributed by atoms with Crippen molar-refractivity contribution >= 4 is 54.6 Å². The van der Waals surface area contributed by atoms with Crippen molar-refractivity contribution in [2.24, 2.45) is 20.5 Å². The van der Waals surface area contributed by atoms with E-state index in [9.17, 15) is 46.9 Å². The summed E-state index contributed by atoms with van der Waals surface area (Å²) in [5.41, 5.74) is -0.471. The van der Waals surface area contributed by atoms with Crippen LogP contribution < -0.4 is 30.3 Å². The number of rotatable bonds is 12. The van der Waals surface area contributed by atoms with Gasteiger partial charge in [-0.3, -0.25) is 9.59 Å². The van der Waals surface area contributed by atoms with Crippen molar-refractivity contribution in [2.45, 2.75) is 23.6 Å². The maximum absolute atomic E-state index is 12.3. The number of hydrogen-bond donors (Lipinski definition) is 6. The average molecular weight is 835 g/mol. The number of azo groups is 2. The van der Waals surface area contributed by atoms with Crippen LogP contribution in [0.15, 0.2) is 150 Å². The number of amides is 2. The minimum absolute atomic E-state index is 0. The fourth-order valence-electron chi connectivity index (χ4n) is 3.92. The third kappa shape index (κ3) is 13.1. The first-order valence-corrected chi connectivity index (χ1v) is 18.3. The fourth-order valence-corrected chi connectivity index (χ4v) is 5.42. The van der Waals surface area contributed by atoms with E-state index in [1.54, 1.807) is 60.7 Å². The SMILES string of the molecule is CNS(=O)(=O)c1ccc([O-])c(N=NC(C(=O)Nc2ccccc2)=C(C)O)c1.CNS(=O)(=O)c1ccc([O-])c(N=NC(C(=O)Nc2ccccc2)=C(C)O)c1.[Fe]. The van der Waals surface area contributed by atoms with Gasteiger partial charge in [-0.15, -0.1) is 10.2 Å². The molecule has 18 nitrogen and oxygen atoms in total. The Kier molecular flexibility index (Phi) is 16.8. The zero-order valence-electron chi connectivity index (χ0n) is 29.4. The molecule has 0 heterocycles. The predicted octanol–water partition coefficient (Wildman–Crippen LogP) is 4.36. The quantitative estimate of drug-likeness (QED) is 0.0507. The largest absolute Gasteiger partial charge is 0.871 e. The van der Waals surface area contributed by atoms with Crippen LogP contribution >= 0.6 is 0 Å². The molecule has 0 fully saturated rings. The topological polar surface area (TPSA) is 287 Å². The molecular formula is C34H34FeN8O10S2-2. The van der Waals surface area contributed by atoms with Gasteiger partial charge in [-0.05, 0) is 76.5 Å². The molecule has 4 aromatic rings. The van der Waals surface area contributed by atoms with E-state index in [0.29, 0.717) is 11.4 Å². The molecule has 0 spiro atoms. The van der Waals surface area contributed by atoms with Gasteiger partial charge >= 0.3 is 0 Å². The Hall–Kier alpha value is -5.96. The van der Waals surface area contributed by atoms with Gasteiger partial charge in [0.1, 0.15) is 11.5 Å². The van der Waals surface area contributed by atoms with E-state index in [2.05, 4.69) is 40.5 Å². The van der Waals surface area contributed by atoms with Crippen LogP contribution in [-0.2, 0) is 46.7 Å². The molecule has 0 atom stereocenters. The van der Waals surface area contributed by atoms with E-state index in [0.717, 1.165) is 36.4 Å². The van der Waals surface area contributed by atoms with Crippen molar-refractivity contribution in [1.82, 2.24) is 9.44 Å². The Balaban J connectivity index is 0.000000373. The summed E-state index contributed by atoms with van der Waals surface area (Å²) in [6.07, 6.45) is 0. The second kappa shape index (κ2) is 20.5. The van der Waals surface area contributed by atoms with Crippen LogP contribution in [0.5, 0.6) is 11.5 Å². The van der Waals surface area contributed by atoms with Gasteiger partial charge in [0.15, 0.2) is 11.4 Å². The molecule has 55 heavy (non-hydrogen) atoms. The van der Waals surface area contributed by atoms with Crippen LogP contribution in [0.1, 0.15) is 13.8 Å². The summed E-state index contributed by atoms with van der Waals surface area (Å²) in [4.78, 5) is 24.2. The molecule has 4 aromatic carbocycles. The summed E-state index contributed by atoms with van der Waals surface area (Å²) in [6.45, 7) is 2.47. The van der Waals surface area contributed by atoms with Gasteiger partial charge in [-0.25, -0.2) is 26.3 Å². The molecule has 292 valence electrons. The Bertz CT molecular complexity index is 2170. The molecule has 0 bridgehead atoms. The molecule has 0 aliphatic heterocycles. The predicted molar refractivity (Wildman–Crippen MR) is 194 cm³/mol. The first kappa shape index (κ1) is 45.2. The molecule has 0 unspecified atom stereocenters. The van der Waals surface area contributed by atoms with E-state index in [-0.39, 0.29) is 38.2 Å². The smallest absolute Gasteiger partial charge is 0.279 e. The first-order chi connectivity index (χ1) is 25.5. The Morgan fingerprint density at radius 1 is 0.582 bits per heavy atom. The summed E-state index contributed by atoms with van der Waals surface area (Å²) in [7, 11) is -5.11. The Morgan fingerprint density at radius 3 is 1.20 bits per heavy atom. The van der Waals surface area contributed by atoms with E-state index < -0.39 is 66.3 Å². The van der Waals surface area contributed by atoms with Gasteiger partial charge in [0.2, 0.25) is 20.0 Å². The second-order valence-corrected chi connectivity index (χ2v) is 14.4. The number of aliphatic hydroxyl groups excluding tert-OH is 2. The summed E-state index contributed by atoms with van der Waals surface area (Å²) in [5, 5.41) is 62.8. The zero-order chi connectivity index (χ0) is 40.1. The molecule has 2 amide bonds. The second-order valence-electron chi connectivity index (χ2n) is 10.6. The van der Waals surface area contributed by atoms with Gasteiger partial charge in [0, 0.05) is 28.4 Å². The van der Waals surface area contributed by atoms with Crippen molar-refractivity contribution in [1.29, 1.82) is 0 Å². The molecule has 4 rings (SSSR count). The first-order valence-electron chi connectivity index (χ1n) is 15.3. The van der Waals surface area contributed by atoms with Crippen LogP contribution in [0.25, 0.3) is 0 Å². The minimum Gasteiger partial charge on any atom is -0.871 e. The standard InChI is InChI=1S/2C17H18N4O5S.Fe/c2*1-11(22)16(17(24)19-12-6-4-3-5-7-12)21-20-14-10-13(8-9-15(14)23)27(25,26)18-2;/h2*3-10,18,22-23H,1-2H3,(H,19,24);/p-2. The number of anilines is 2. The van der Waals surface area contributed by atoms with Crippen molar-refractivity contribution in [2.75, 3.05) is 24.7 Å². The van der Waals surface area contributed by atoms with E-state index in [1.165, 1.54) is 27.9 Å². The molecule has 0 saturated heterocycles. The van der Waals surface area contributed by atoms with E-state index >= 15 is 0 Å². The van der Waals surface area contributed by atoms with Crippen molar-refractivity contribution in [3.63, 3.8) is 0 Å². The van der Waals surface area contributed by atoms with Crippen LogP contribution in [0, 0.1) is 0 Å². The summed E-state index contributed by atoms with van der Waals surface area (Å²) in [5.74, 6) is -3.50. The number of para-hydroxylation sites is 2. The van der Waals surface area contributed by atoms with Gasteiger partial charge in [-0.1, -0.05) is 60.0 Å². The molecule has 0 radical (unpaired) electrons. The number of benzene rings is 4. The van der Waals surface area contributed by atoms with Gasteiger partial charge in [0.25, 0.3) is 11.8 Å². The van der Waals surface area contributed by atoms with Crippen LogP contribution in [0.3, 0.4) is 0 Å². The fraction of sp³-hybridized carbons (Fsp3) is 0.118. The maximum Gasteiger partial charge on any atom is 0.279 e. The van der Waals surface area contributed by atoms with Crippen LogP contribution in [-0.4, -0.2) is 53.0 Å². The average Bonchev–Trinajstić information content (AvgIpc) is 3.13. The Labute approximate surface area is 327 Å². The number of hydrogen-bond acceptors (Lipinski definition) is 14. The van der Waals surface area contributed by atoms with Gasteiger partial charge in [0.05, 0.1) is 21.2 Å². The number of sulfonamides is 2. The Morgan fingerprint density at radius 2 is 0.909 bits per heavy atom. The third-order valence-electron chi connectivity index (χ3n) is 6.71. The number of aliphatic hydroxyl groups is 2. The molecule has 21 heteroatoms. The minimum atomic E-state index is -3.78. The van der Waals surface area contributed by atoms with E-state index in [1.807, 2.05) is 0 Å². The molecular weight excluding hydrogens is 800 g/mol. The number of allylic oxidation sites excluding steroid dienone is 2. The number of nitrogens with one attached hydrogen (secondary N) is 4. The molecule has 6 N–H and O–H groups in total. The van der Waals surface area contributed by atoms with Gasteiger partial charge < -0.3 is 31.1 Å². The molecule has 0 aromatic heterocycles. The molecule has 0 aliphatic carbocycles. The number of carbonyl (C=O) groups excluding carboxylic acids is 2. The van der Waals surface area contributed by atoms with Crippen molar-refractivity contribution in [3.8, 4) is 11.5 Å². The molecule has 0 saturated carbocycles. The van der Waals surface area contributed by atoms with Crippen LogP contribution in [0.2, 0.25) is 0 Å². The van der Waals surface area contributed by atoms with Crippen molar-refractivity contribution in [3.05, 3.63) is 120 Å². The number of nitrogens with zero attached hydrogens (tertiary/aromatic N) is 4. The third-order valence-corrected chi connectivity index (χ3v) is 9.54. The van der Waals surface area contributed by atoms with Crippen LogP contribution in [0.4, 0.5) is 22.7 Å². The normalized spacial score (nSPS) is 12.4. The zero-order valence-corrected chi connectivity index (χ0v) is 32.1. The number of carbonyl (C=O) groups is 2. The monoisotopic (exact) mass is 834 g/mol. The van der Waals surface area contributed by atoms with E-state index in [4.69, 9.17) is 0 Å². The summed E-state index contributed by atoms with van der Waals surface area (Å²) >= 11 is 0. The van der Waals surface area contributed by atoms with Gasteiger partial charge in [-0.2, -0.15) is 10.2 Å². The van der Waals surface area contributed by atoms with Crippen molar-refractivity contribution < 1.29 is 63.9 Å².